The Kier molecular flexibility index (Phi) is 11.5. The Balaban J connectivity index is 0.969. The molecule has 17 rings (SSSR count). The number of rotatable bonds is 10. The van der Waals surface area contributed by atoms with Crippen LogP contribution >= 0.6 is 0 Å². The minimum absolute atomic E-state index is 0.832. The van der Waals surface area contributed by atoms with Gasteiger partial charge in [0.25, 0.3) is 0 Å². The smallest absolute Gasteiger partial charge is 0.159 e. The lowest BCUT2D eigenvalue weighted by Gasteiger charge is -2.28. The highest BCUT2D eigenvalue weighted by atomic mass is 16.3. The van der Waals surface area contributed by atoms with Gasteiger partial charge >= 0.3 is 0 Å². The van der Waals surface area contributed by atoms with Crippen LogP contribution in [0.1, 0.15) is 0 Å². The molecule has 0 atom stereocenters. The fraction of sp³-hybridized carbons (Fsp3) is 0. The van der Waals surface area contributed by atoms with Gasteiger partial charge in [-0.15, -0.1) is 0 Å². The molecule has 0 saturated heterocycles. The third-order valence-electron chi connectivity index (χ3n) is 17.4. The van der Waals surface area contributed by atoms with Crippen molar-refractivity contribution in [2.24, 2.45) is 0 Å². The van der Waals surface area contributed by atoms with Crippen molar-refractivity contribution in [3.05, 3.63) is 315 Å². The molecule has 2 aromatic heterocycles. The maximum Gasteiger partial charge on any atom is 0.159 e. The summed E-state index contributed by atoms with van der Waals surface area (Å²) < 4.78 is 13.8. The number of fused-ring (bicyclic) bond motifs is 10. The predicted octanol–water partition coefficient (Wildman–Crippen LogP) is 23.7. The summed E-state index contributed by atoms with van der Waals surface area (Å²) >= 11 is 0. The molecule has 0 fully saturated rings. The second-order valence-electron chi connectivity index (χ2n) is 22.3. The van der Waals surface area contributed by atoms with Crippen LogP contribution in [0.5, 0.6) is 0 Å². The summed E-state index contributed by atoms with van der Waals surface area (Å²) in [5.41, 5.74) is 18.5. The molecule has 0 unspecified atom stereocenters. The Morgan fingerprint density at radius 2 is 0.535 bits per heavy atom. The number of nitrogens with zero attached hydrogens (tertiary/aromatic N) is 2. The third kappa shape index (κ3) is 8.22. The van der Waals surface area contributed by atoms with Crippen LogP contribution in [-0.4, -0.2) is 0 Å². The molecule has 0 radical (unpaired) electrons. The van der Waals surface area contributed by atoms with E-state index in [9.17, 15) is 0 Å². The van der Waals surface area contributed by atoms with Crippen molar-refractivity contribution in [2.75, 3.05) is 9.80 Å². The molecule has 0 spiro atoms. The van der Waals surface area contributed by atoms with Gasteiger partial charge in [0.2, 0.25) is 0 Å². The lowest BCUT2D eigenvalue weighted by Crippen LogP contribution is -2.11. The zero-order chi connectivity index (χ0) is 56.7. The van der Waals surface area contributed by atoms with Crippen LogP contribution in [0.2, 0.25) is 0 Å². The largest absolute Gasteiger partial charge is 0.454 e. The van der Waals surface area contributed by atoms with Crippen LogP contribution < -0.4 is 9.80 Å². The minimum Gasteiger partial charge on any atom is -0.454 e. The van der Waals surface area contributed by atoms with Crippen molar-refractivity contribution in [3.8, 4) is 44.5 Å². The van der Waals surface area contributed by atoms with E-state index >= 15 is 0 Å². The molecule has 0 N–H and O–H groups in total. The Morgan fingerprint density at radius 1 is 0.198 bits per heavy atom. The minimum atomic E-state index is 0.832. The van der Waals surface area contributed by atoms with Crippen molar-refractivity contribution in [1.82, 2.24) is 0 Å². The second-order valence-corrected chi connectivity index (χ2v) is 22.3. The molecule has 0 bridgehead atoms. The van der Waals surface area contributed by atoms with Crippen molar-refractivity contribution >= 4 is 121 Å². The van der Waals surface area contributed by atoms with E-state index in [2.05, 4.69) is 313 Å². The maximum atomic E-state index is 6.90. The summed E-state index contributed by atoms with van der Waals surface area (Å²) in [5.74, 6) is 0. The molecule has 0 aliphatic carbocycles. The number of benzene rings is 15. The van der Waals surface area contributed by atoms with Gasteiger partial charge in [0.05, 0.1) is 11.4 Å². The van der Waals surface area contributed by atoms with E-state index < -0.39 is 0 Å². The molecular formula is C82H52N2O2. The van der Waals surface area contributed by atoms with Gasteiger partial charge in [-0.1, -0.05) is 243 Å². The Bertz CT molecular complexity index is 5130. The first-order chi connectivity index (χ1) is 42.6. The molecule has 15 aromatic carbocycles. The van der Waals surface area contributed by atoms with Crippen molar-refractivity contribution in [2.45, 2.75) is 0 Å². The van der Waals surface area contributed by atoms with E-state index in [1.54, 1.807) is 0 Å². The number of hydrogen-bond acceptors (Lipinski definition) is 4. The Labute approximate surface area is 496 Å². The molecular weight excluding hydrogens is 1040 g/mol. The highest BCUT2D eigenvalue weighted by Gasteiger charge is 2.26. The van der Waals surface area contributed by atoms with Crippen LogP contribution in [0.4, 0.5) is 34.1 Å². The molecule has 4 nitrogen and oxygen atoms in total. The number of furan rings is 2. The van der Waals surface area contributed by atoms with Crippen molar-refractivity contribution in [1.29, 1.82) is 0 Å². The lowest BCUT2D eigenvalue weighted by molar-refractivity contribution is 0.668. The summed E-state index contributed by atoms with van der Waals surface area (Å²) in [5, 5.41) is 13.5. The van der Waals surface area contributed by atoms with Gasteiger partial charge in [0.15, 0.2) is 11.2 Å². The number of hydrogen-bond donors (Lipinski definition) is 0. The monoisotopic (exact) mass is 1100 g/mol. The van der Waals surface area contributed by atoms with Crippen molar-refractivity contribution < 1.29 is 8.83 Å². The van der Waals surface area contributed by atoms with Crippen molar-refractivity contribution in [3.63, 3.8) is 0 Å². The van der Waals surface area contributed by atoms with Crippen LogP contribution in [0.3, 0.4) is 0 Å². The molecule has 402 valence electrons. The summed E-state index contributed by atoms with van der Waals surface area (Å²) in [7, 11) is 0. The lowest BCUT2D eigenvalue weighted by atomic mass is 9.84. The highest BCUT2D eigenvalue weighted by molar-refractivity contribution is 6.23. The summed E-state index contributed by atoms with van der Waals surface area (Å²) in [6.45, 7) is 0. The van der Waals surface area contributed by atoms with E-state index in [0.717, 1.165) is 144 Å². The van der Waals surface area contributed by atoms with E-state index in [0.29, 0.717) is 0 Å². The summed E-state index contributed by atoms with van der Waals surface area (Å²) in [6, 6.07) is 114. The van der Waals surface area contributed by atoms with E-state index in [-0.39, 0.29) is 0 Å². The first-order valence-electron chi connectivity index (χ1n) is 29.4. The van der Waals surface area contributed by atoms with Crippen LogP contribution in [0, 0.1) is 0 Å². The average Bonchev–Trinajstić information content (AvgIpc) is 1.04. The molecule has 4 heteroatoms. The van der Waals surface area contributed by atoms with Crippen LogP contribution in [0.15, 0.2) is 324 Å². The fourth-order valence-corrected chi connectivity index (χ4v) is 13.3. The summed E-state index contributed by atoms with van der Waals surface area (Å²) in [6.07, 6.45) is 0. The SMILES string of the molecule is c1ccc(-c2ccc(-c3c4ccc(N(c5ccc6ccccc6c5)c5cccc6c5oc5ccccc56)cc4c(-c4ccc(-c5ccccc5)cc4)c4ccc(N(c5ccc6ccccc6c5)c5cccc6c5oc5ccccc56)cc34)cc2)cc1. The second kappa shape index (κ2) is 20.2. The zero-order valence-corrected chi connectivity index (χ0v) is 46.7. The molecule has 2 heterocycles. The van der Waals surface area contributed by atoms with E-state index in [1.807, 2.05) is 12.1 Å². The quantitative estimate of drug-likeness (QED) is 0.128. The van der Waals surface area contributed by atoms with Gasteiger partial charge in [0.1, 0.15) is 11.2 Å². The van der Waals surface area contributed by atoms with E-state index in [4.69, 9.17) is 8.83 Å². The fourth-order valence-electron chi connectivity index (χ4n) is 13.3. The van der Waals surface area contributed by atoms with Gasteiger partial charge in [-0.25, -0.2) is 0 Å². The Morgan fingerprint density at radius 3 is 0.977 bits per heavy atom. The van der Waals surface area contributed by atoms with E-state index in [1.165, 1.54) is 21.9 Å². The first-order valence-corrected chi connectivity index (χ1v) is 29.4. The third-order valence-corrected chi connectivity index (χ3v) is 17.4. The van der Waals surface area contributed by atoms with Gasteiger partial charge in [-0.3, -0.25) is 0 Å². The molecule has 0 aliphatic rings. The van der Waals surface area contributed by atoms with Gasteiger partial charge in [0, 0.05) is 44.3 Å². The first kappa shape index (κ1) is 49.2. The molecule has 0 aliphatic heterocycles. The van der Waals surface area contributed by atoms with Gasteiger partial charge in [-0.05, 0) is 160 Å². The predicted molar refractivity (Wildman–Crippen MR) is 362 cm³/mol. The standard InChI is InChI=1S/C82H52N2O2/c1-3-17-53(18-4-1)57-33-37-59(38-34-57)79-69-47-45-66(84(64-44-42-56-22-8-10-24-62(56)50-64)76-30-16-28-72-68-26-12-14-32-78(68)86-82(72)76)52-74(69)80(60-39-35-58(36-40-60)54-19-5-2-6-20-54)70-48-46-65(51-73(70)79)83(63-43-41-55-21-7-9-23-61(55)49-63)75-29-15-27-71-67-25-11-13-31-77(67)85-81(71)75/h1-52H. The maximum absolute atomic E-state index is 6.90. The molecule has 17 aromatic rings. The average molecular weight is 1100 g/mol. The normalized spacial score (nSPS) is 11.7. The zero-order valence-electron chi connectivity index (χ0n) is 46.7. The topological polar surface area (TPSA) is 32.8 Å². The van der Waals surface area contributed by atoms with Gasteiger partial charge < -0.3 is 18.6 Å². The van der Waals surface area contributed by atoms with Gasteiger partial charge in [-0.2, -0.15) is 0 Å². The van der Waals surface area contributed by atoms with Crippen LogP contribution in [0.25, 0.3) is 131 Å². The molecule has 0 amide bonds. The number of anilines is 6. The van der Waals surface area contributed by atoms with Crippen LogP contribution in [-0.2, 0) is 0 Å². The molecule has 0 saturated carbocycles. The Hall–Kier alpha value is -11.5. The molecule has 86 heavy (non-hydrogen) atoms. The number of para-hydroxylation sites is 4. The summed E-state index contributed by atoms with van der Waals surface area (Å²) in [4.78, 5) is 4.78. The highest BCUT2D eigenvalue weighted by Crippen LogP contribution is 2.51.